The number of hydrogen-bond acceptors (Lipinski definition) is 4. The number of nitrogens with zero attached hydrogens (tertiary/aromatic N) is 4. The van der Waals surface area contributed by atoms with Crippen molar-refractivity contribution in [2.45, 2.75) is 19.3 Å². The monoisotopic (exact) mass is 429 g/mol. The Morgan fingerprint density at radius 2 is 1.55 bits per heavy atom. The van der Waals surface area contributed by atoms with Gasteiger partial charge in [-0.1, -0.05) is 18.2 Å². The van der Waals surface area contributed by atoms with Crippen LogP contribution in [0.15, 0.2) is 30.6 Å². The van der Waals surface area contributed by atoms with Gasteiger partial charge in [-0.05, 0) is 28.9 Å². The fourth-order valence-corrected chi connectivity index (χ4v) is 4.40. The van der Waals surface area contributed by atoms with E-state index >= 15 is 0 Å². The van der Waals surface area contributed by atoms with Crippen molar-refractivity contribution in [3.05, 3.63) is 47.5 Å². The molecular formula is C18H11F6N4S+. The number of thiophene rings is 1. The average Bonchev–Trinajstić information content (AvgIpc) is 2.96. The minimum Gasteiger partial charge on any atom is -0.231 e. The van der Waals surface area contributed by atoms with Gasteiger partial charge in [0.2, 0.25) is 0 Å². The second-order valence-corrected chi connectivity index (χ2v) is 7.40. The van der Waals surface area contributed by atoms with Crippen LogP contribution in [0.4, 0.5) is 26.3 Å². The number of fused-ring (bicyclic) bond motifs is 2. The van der Waals surface area contributed by atoms with Gasteiger partial charge in [0, 0.05) is 4.70 Å². The van der Waals surface area contributed by atoms with Crippen molar-refractivity contribution in [2.24, 2.45) is 7.05 Å². The van der Waals surface area contributed by atoms with Crippen LogP contribution in [0, 0.1) is 6.92 Å². The summed E-state index contributed by atoms with van der Waals surface area (Å²) in [5.74, 6) is 0. The summed E-state index contributed by atoms with van der Waals surface area (Å²) in [6.45, 7) is 1.79. The molecular weight excluding hydrogens is 418 g/mol. The van der Waals surface area contributed by atoms with E-state index in [0.717, 1.165) is 15.6 Å². The van der Waals surface area contributed by atoms with Crippen molar-refractivity contribution in [3.63, 3.8) is 0 Å². The fourth-order valence-electron chi connectivity index (χ4n) is 3.10. The molecule has 0 saturated heterocycles. The highest BCUT2D eigenvalue weighted by Crippen LogP contribution is 2.41. The Morgan fingerprint density at radius 1 is 0.931 bits per heavy atom. The quantitative estimate of drug-likeness (QED) is 0.313. The standard InChI is InChI=1S/C18H11F6N4S/c1-8-9-5-3-4-6-10(9)29-13(8)12-11-16(25-7-28(12)2)27-15(18(22,23)24)14(26-11)17(19,20)21/h3-7H,1-2H3/q+1. The maximum absolute atomic E-state index is 13.4. The normalized spacial score (nSPS) is 12.8. The first-order valence-corrected chi connectivity index (χ1v) is 8.99. The van der Waals surface area contributed by atoms with Crippen LogP contribution in [0.5, 0.6) is 0 Å². The number of rotatable bonds is 1. The Bertz CT molecular complexity index is 1260. The molecule has 29 heavy (non-hydrogen) atoms. The molecule has 1 aromatic carbocycles. The zero-order chi connectivity index (χ0) is 21.1. The molecule has 0 bridgehead atoms. The first-order valence-electron chi connectivity index (χ1n) is 8.17. The maximum Gasteiger partial charge on any atom is 0.435 e. The lowest BCUT2D eigenvalue weighted by Gasteiger charge is -2.14. The first kappa shape index (κ1) is 19.5. The molecule has 3 aromatic heterocycles. The van der Waals surface area contributed by atoms with Crippen LogP contribution >= 0.6 is 11.3 Å². The van der Waals surface area contributed by atoms with Crippen LogP contribution in [-0.4, -0.2) is 15.0 Å². The molecule has 4 rings (SSSR count). The van der Waals surface area contributed by atoms with E-state index in [1.54, 1.807) is 6.92 Å². The Kier molecular flexibility index (Phi) is 4.26. The first-order chi connectivity index (χ1) is 13.5. The predicted octanol–water partition coefficient (Wildman–Crippen LogP) is 5.08. The number of hydrogen-bond donors (Lipinski definition) is 0. The Labute approximate surface area is 163 Å². The van der Waals surface area contributed by atoms with E-state index in [1.165, 1.54) is 29.3 Å². The molecule has 150 valence electrons. The van der Waals surface area contributed by atoms with Gasteiger partial charge >= 0.3 is 12.4 Å². The van der Waals surface area contributed by atoms with Crippen molar-refractivity contribution >= 4 is 32.6 Å². The van der Waals surface area contributed by atoms with Gasteiger partial charge in [0.1, 0.15) is 0 Å². The fraction of sp³-hybridized carbons (Fsp3) is 0.222. The number of halogens is 6. The van der Waals surface area contributed by atoms with Crippen LogP contribution in [0.1, 0.15) is 17.0 Å². The third kappa shape index (κ3) is 3.18. The van der Waals surface area contributed by atoms with E-state index in [-0.39, 0.29) is 11.2 Å². The summed E-state index contributed by atoms with van der Waals surface area (Å²) in [7, 11) is 1.54. The van der Waals surface area contributed by atoms with E-state index in [9.17, 15) is 26.3 Å². The van der Waals surface area contributed by atoms with Crippen LogP contribution in [-0.2, 0) is 19.4 Å². The topological polar surface area (TPSA) is 42.6 Å². The second kappa shape index (κ2) is 6.34. The van der Waals surface area contributed by atoms with E-state index in [2.05, 4.69) is 15.0 Å². The van der Waals surface area contributed by atoms with Gasteiger partial charge in [0.25, 0.3) is 12.0 Å². The maximum atomic E-state index is 13.4. The van der Waals surface area contributed by atoms with Crippen molar-refractivity contribution in [1.82, 2.24) is 15.0 Å². The SMILES string of the molecule is Cc1c(-c2c3nc(C(F)(F)F)c(C(F)(F)F)nc3nc[n+]2C)sc2ccccc12. The summed E-state index contributed by atoms with van der Waals surface area (Å²) in [5, 5.41) is 0.897. The van der Waals surface area contributed by atoms with Crippen LogP contribution in [0.25, 0.3) is 31.8 Å². The summed E-state index contributed by atoms with van der Waals surface area (Å²) >= 11 is 1.31. The van der Waals surface area contributed by atoms with Gasteiger partial charge in [-0.25, -0.2) is 9.55 Å². The molecule has 0 spiro atoms. The lowest BCUT2D eigenvalue weighted by Crippen LogP contribution is -2.32. The smallest absolute Gasteiger partial charge is 0.231 e. The highest BCUT2D eigenvalue weighted by atomic mass is 32.1. The zero-order valence-corrected chi connectivity index (χ0v) is 15.7. The molecule has 4 nitrogen and oxygen atoms in total. The van der Waals surface area contributed by atoms with Gasteiger partial charge in [0.05, 0.1) is 11.9 Å². The number of aromatic nitrogens is 4. The summed E-state index contributed by atoms with van der Waals surface area (Å²) in [4.78, 5) is 10.9. The molecule has 0 amide bonds. The predicted molar refractivity (Wildman–Crippen MR) is 94.1 cm³/mol. The lowest BCUT2D eigenvalue weighted by atomic mass is 10.1. The summed E-state index contributed by atoms with van der Waals surface area (Å²) in [6, 6.07) is 7.37. The molecule has 11 heteroatoms. The largest absolute Gasteiger partial charge is 0.435 e. The van der Waals surface area contributed by atoms with Crippen molar-refractivity contribution in [2.75, 3.05) is 0 Å². The summed E-state index contributed by atoms with van der Waals surface area (Å²) < 4.78 is 81.9. The van der Waals surface area contributed by atoms with Gasteiger partial charge < -0.3 is 0 Å². The van der Waals surface area contributed by atoms with Crippen molar-refractivity contribution in [3.8, 4) is 10.6 Å². The Morgan fingerprint density at radius 3 is 2.17 bits per heavy atom. The highest BCUT2D eigenvalue weighted by molar-refractivity contribution is 7.22. The average molecular weight is 429 g/mol. The molecule has 0 unspecified atom stereocenters. The van der Waals surface area contributed by atoms with Crippen molar-refractivity contribution < 1.29 is 30.9 Å². The van der Waals surface area contributed by atoms with E-state index in [4.69, 9.17) is 0 Å². The molecule has 0 N–H and O–H groups in total. The van der Waals surface area contributed by atoms with E-state index < -0.39 is 29.4 Å². The van der Waals surface area contributed by atoms with Crippen molar-refractivity contribution in [1.29, 1.82) is 0 Å². The summed E-state index contributed by atoms with van der Waals surface area (Å²) in [5.41, 5.74) is -4.02. The second-order valence-electron chi connectivity index (χ2n) is 6.34. The third-order valence-electron chi connectivity index (χ3n) is 4.40. The minimum atomic E-state index is -5.33. The zero-order valence-electron chi connectivity index (χ0n) is 14.9. The van der Waals surface area contributed by atoms with E-state index in [1.807, 2.05) is 24.3 Å². The molecule has 0 aliphatic heterocycles. The van der Waals surface area contributed by atoms with Gasteiger partial charge in [0.15, 0.2) is 22.6 Å². The lowest BCUT2D eigenvalue weighted by molar-refractivity contribution is -0.662. The van der Waals surface area contributed by atoms with E-state index in [0.29, 0.717) is 4.88 Å². The highest BCUT2D eigenvalue weighted by Gasteiger charge is 2.47. The third-order valence-corrected chi connectivity index (χ3v) is 5.68. The summed E-state index contributed by atoms with van der Waals surface area (Å²) in [6.07, 6.45) is -9.43. The number of aryl methyl sites for hydroxylation is 2. The molecule has 0 aliphatic rings. The Balaban J connectivity index is 2.12. The van der Waals surface area contributed by atoms with Gasteiger partial charge in [-0.2, -0.15) is 31.3 Å². The number of alkyl halides is 6. The molecule has 3 heterocycles. The molecule has 0 atom stereocenters. The Hall–Kier alpha value is -2.82. The van der Waals surface area contributed by atoms with Gasteiger partial charge in [-0.3, -0.25) is 0 Å². The molecule has 0 aliphatic carbocycles. The molecule has 0 radical (unpaired) electrons. The minimum absolute atomic E-state index is 0.223. The molecule has 0 saturated carbocycles. The molecule has 0 fully saturated rings. The van der Waals surface area contributed by atoms with Crippen LogP contribution < -0.4 is 4.57 Å². The van der Waals surface area contributed by atoms with Crippen LogP contribution in [0.2, 0.25) is 0 Å². The molecule has 4 aromatic rings. The van der Waals surface area contributed by atoms with Gasteiger partial charge in [-0.15, -0.1) is 11.3 Å². The van der Waals surface area contributed by atoms with Crippen LogP contribution in [0.3, 0.4) is 0 Å². The number of benzene rings is 1.